The summed E-state index contributed by atoms with van der Waals surface area (Å²) in [6.07, 6.45) is 4.56. The van der Waals surface area contributed by atoms with Crippen LogP contribution < -0.4 is 5.32 Å². The first kappa shape index (κ1) is 22.4. The van der Waals surface area contributed by atoms with E-state index in [2.05, 4.69) is 25.2 Å². The van der Waals surface area contributed by atoms with Crippen molar-refractivity contribution in [1.29, 1.82) is 0 Å². The maximum Gasteiger partial charge on any atom is 0.234 e. The molecule has 8 heteroatoms. The minimum atomic E-state index is -0.0413. The maximum absolute atomic E-state index is 12.6. The number of nitrogens with one attached hydrogen (secondary N) is 1. The van der Waals surface area contributed by atoms with Crippen molar-refractivity contribution in [1.82, 2.24) is 24.5 Å². The van der Waals surface area contributed by atoms with Crippen LogP contribution in [0.2, 0.25) is 0 Å². The van der Waals surface area contributed by atoms with Gasteiger partial charge in [0.2, 0.25) is 5.91 Å². The molecule has 1 aliphatic heterocycles. The Kier molecular flexibility index (Phi) is 6.49. The van der Waals surface area contributed by atoms with E-state index in [-0.39, 0.29) is 5.91 Å². The smallest absolute Gasteiger partial charge is 0.234 e. The Balaban J connectivity index is 1.22. The molecular formula is C26H28N6OS. The van der Waals surface area contributed by atoms with Crippen LogP contribution in [0.4, 0.5) is 5.69 Å². The van der Waals surface area contributed by atoms with Crippen molar-refractivity contribution in [3.05, 3.63) is 71.8 Å². The monoisotopic (exact) mass is 472 g/mol. The number of benzene rings is 2. The number of amides is 1. The second-order valence-corrected chi connectivity index (χ2v) is 9.55. The fourth-order valence-corrected chi connectivity index (χ4v) is 5.29. The Hall–Kier alpha value is -3.39. The molecule has 2 aromatic heterocycles. The van der Waals surface area contributed by atoms with E-state index in [1.807, 2.05) is 73.1 Å². The number of aryl methyl sites for hydroxylation is 2. The molecule has 4 aromatic rings. The number of hydrogen-bond donors (Lipinski definition) is 1. The van der Waals surface area contributed by atoms with Crippen molar-refractivity contribution >= 4 is 23.4 Å². The summed E-state index contributed by atoms with van der Waals surface area (Å²) in [6.45, 7) is 4.99. The summed E-state index contributed by atoms with van der Waals surface area (Å²) in [5.41, 5.74) is 4.78. The molecular weight excluding hydrogens is 444 g/mol. The molecule has 0 fully saturated rings. The van der Waals surface area contributed by atoms with Gasteiger partial charge in [0.05, 0.1) is 27.7 Å². The van der Waals surface area contributed by atoms with Gasteiger partial charge in [0, 0.05) is 24.2 Å². The van der Waals surface area contributed by atoms with Crippen LogP contribution in [0.3, 0.4) is 0 Å². The highest BCUT2D eigenvalue weighted by Crippen LogP contribution is 2.28. The Morgan fingerprint density at radius 1 is 1.00 bits per heavy atom. The van der Waals surface area contributed by atoms with Crippen molar-refractivity contribution in [3.63, 3.8) is 0 Å². The third kappa shape index (κ3) is 4.63. The van der Waals surface area contributed by atoms with E-state index in [1.54, 1.807) is 0 Å². The van der Waals surface area contributed by atoms with Crippen LogP contribution in [0.1, 0.15) is 36.5 Å². The van der Waals surface area contributed by atoms with Gasteiger partial charge in [-0.2, -0.15) is 5.10 Å². The van der Waals surface area contributed by atoms with Crippen LogP contribution in [0.15, 0.2) is 59.5 Å². The Morgan fingerprint density at radius 3 is 2.59 bits per heavy atom. The first-order valence-electron chi connectivity index (χ1n) is 11.7. The lowest BCUT2D eigenvalue weighted by molar-refractivity contribution is -0.113. The van der Waals surface area contributed by atoms with Crippen LogP contribution in [0, 0.1) is 13.8 Å². The molecule has 34 heavy (non-hydrogen) atoms. The van der Waals surface area contributed by atoms with Gasteiger partial charge < -0.3 is 9.88 Å². The number of carbonyl (C=O) groups excluding carboxylic acids is 1. The number of nitrogens with zero attached hydrogens (tertiary/aromatic N) is 5. The number of hydrogen-bond acceptors (Lipinski definition) is 5. The molecule has 1 amide bonds. The lowest BCUT2D eigenvalue weighted by atomic mass is 10.2. The summed E-state index contributed by atoms with van der Waals surface area (Å²) in [4.78, 5) is 13.7. The Morgan fingerprint density at radius 2 is 1.79 bits per heavy atom. The highest BCUT2D eigenvalue weighted by Gasteiger charge is 2.17. The zero-order valence-electron chi connectivity index (χ0n) is 19.5. The number of fused-ring (bicyclic) bond motifs is 1. The third-order valence-corrected chi connectivity index (χ3v) is 7.40. The summed E-state index contributed by atoms with van der Waals surface area (Å²) in [6, 6.07) is 17.9. The number of rotatable bonds is 6. The van der Waals surface area contributed by atoms with Crippen LogP contribution in [-0.2, 0) is 17.8 Å². The Labute approximate surface area is 203 Å². The van der Waals surface area contributed by atoms with Gasteiger partial charge in [0.1, 0.15) is 5.82 Å². The molecule has 174 valence electrons. The van der Waals surface area contributed by atoms with Crippen LogP contribution >= 0.6 is 11.8 Å². The highest BCUT2D eigenvalue weighted by molar-refractivity contribution is 8.00. The van der Waals surface area contributed by atoms with E-state index in [0.717, 1.165) is 64.3 Å². The normalized spacial score (nSPS) is 13.4. The molecule has 7 nitrogen and oxygen atoms in total. The summed E-state index contributed by atoms with van der Waals surface area (Å²) >= 11 is 1.52. The molecule has 0 aliphatic carbocycles. The van der Waals surface area contributed by atoms with E-state index >= 15 is 0 Å². The van der Waals surface area contributed by atoms with Crippen molar-refractivity contribution in [2.24, 2.45) is 0 Å². The molecule has 0 saturated heterocycles. The number of thioether (sulfide) groups is 1. The molecule has 0 unspecified atom stereocenters. The number of aromatic nitrogens is 5. The maximum atomic E-state index is 12.6. The third-order valence-electron chi connectivity index (χ3n) is 6.11. The van der Waals surface area contributed by atoms with E-state index in [0.29, 0.717) is 5.75 Å². The highest BCUT2D eigenvalue weighted by atomic mass is 32.2. The van der Waals surface area contributed by atoms with Gasteiger partial charge in [-0.05, 0) is 63.1 Å². The topological polar surface area (TPSA) is 77.6 Å². The first-order chi connectivity index (χ1) is 16.6. The SMILES string of the molecule is Cc1nn(-c2ccccc2)c(C)c1SCC(=O)Nc1ccc(-c2nnc3n2CCCCC3)cc1. The molecule has 0 radical (unpaired) electrons. The average molecular weight is 473 g/mol. The summed E-state index contributed by atoms with van der Waals surface area (Å²) in [7, 11) is 0. The van der Waals surface area contributed by atoms with Crippen LogP contribution in [0.5, 0.6) is 0 Å². The summed E-state index contributed by atoms with van der Waals surface area (Å²) in [5.74, 6) is 2.26. The minimum absolute atomic E-state index is 0.0413. The van der Waals surface area contributed by atoms with Crippen molar-refractivity contribution in [2.75, 3.05) is 11.1 Å². The summed E-state index contributed by atoms with van der Waals surface area (Å²) in [5, 5.41) is 16.5. The van der Waals surface area contributed by atoms with Gasteiger partial charge >= 0.3 is 0 Å². The van der Waals surface area contributed by atoms with Gasteiger partial charge in [0.25, 0.3) is 0 Å². The molecule has 5 rings (SSSR count). The molecule has 0 bridgehead atoms. The van der Waals surface area contributed by atoms with Gasteiger partial charge in [0.15, 0.2) is 5.82 Å². The van der Waals surface area contributed by atoms with Gasteiger partial charge in [-0.1, -0.05) is 24.6 Å². The van der Waals surface area contributed by atoms with Crippen molar-refractivity contribution < 1.29 is 4.79 Å². The zero-order valence-corrected chi connectivity index (χ0v) is 20.3. The minimum Gasteiger partial charge on any atom is -0.325 e. The van der Waals surface area contributed by atoms with E-state index in [9.17, 15) is 4.79 Å². The lowest BCUT2D eigenvalue weighted by Crippen LogP contribution is -2.14. The number of para-hydroxylation sites is 1. The quantitative estimate of drug-likeness (QED) is 0.390. The summed E-state index contributed by atoms with van der Waals surface area (Å²) < 4.78 is 4.16. The molecule has 0 saturated carbocycles. The molecule has 1 aliphatic rings. The molecule has 0 spiro atoms. The number of carbonyl (C=O) groups is 1. The first-order valence-corrected chi connectivity index (χ1v) is 12.7. The van der Waals surface area contributed by atoms with E-state index in [4.69, 9.17) is 0 Å². The predicted molar refractivity (Wildman–Crippen MR) is 135 cm³/mol. The molecule has 0 atom stereocenters. The second-order valence-electron chi connectivity index (χ2n) is 8.56. The number of anilines is 1. The predicted octanol–water partition coefficient (Wildman–Crippen LogP) is 5.20. The standard InChI is InChI=1S/C26H28N6OS/c1-18-25(19(2)32(30-18)22-9-5-3-6-10-22)34-17-24(33)27-21-14-12-20(13-15-21)26-29-28-23-11-7-4-8-16-31(23)26/h3,5-6,9-10,12-15H,4,7-8,11,16-17H2,1-2H3,(H,27,33). The average Bonchev–Trinajstić information content (AvgIpc) is 3.28. The van der Waals surface area contributed by atoms with Crippen LogP contribution in [-0.4, -0.2) is 36.2 Å². The van der Waals surface area contributed by atoms with Gasteiger partial charge in [-0.25, -0.2) is 4.68 Å². The van der Waals surface area contributed by atoms with Crippen molar-refractivity contribution in [2.45, 2.75) is 51.0 Å². The van der Waals surface area contributed by atoms with Gasteiger partial charge in [-0.15, -0.1) is 22.0 Å². The fourth-order valence-electron chi connectivity index (χ4n) is 4.39. The second kappa shape index (κ2) is 9.85. The fraction of sp³-hybridized carbons (Fsp3) is 0.308. The van der Waals surface area contributed by atoms with E-state index < -0.39 is 0 Å². The van der Waals surface area contributed by atoms with Gasteiger partial charge in [-0.3, -0.25) is 4.79 Å². The Bertz CT molecular complexity index is 1290. The lowest BCUT2D eigenvalue weighted by Gasteiger charge is -2.09. The largest absolute Gasteiger partial charge is 0.325 e. The van der Waals surface area contributed by atoms with Crippen LogP contribution in [0.25, 0.3) is 17.1 Å². The molecule has 1 N–H and O–H groups in total. The van der Waals surface area contributed by atoms with E-state index in [1.165, 1.54) is 24.6 Å². The zero-order chi connectivity index (χ0) is 23.5. The van der Waals surface area contributed by atoms with Crippen molar-refractivity contribution in [3.8, 4) is 17.1 Å². The molecule has 2 aromatic carbocycles. The molecule has 3 heterocycles.